The summed E-state index contributed by atoms with van der Waals surface area (Å²) < 4.78 is 28.2. The lowest BCUT2D eigenvalue weighted by molar-refractivity contribution is -0.123. The van der Waals surface area contributed by atoms with Crippen molar-refractivity contribution in [1.82, 2.24) is 25.2 Å². The second-order valence-corrected chi connectivity index (χ2v) is 12.7. The predicted molar refractivity (Wildman–Crippen MR) is 196 cm³/mol. The van der Waals surface area contributed by atoms with Gasteiger partial charge >= 0.3 is 0 Å². The topological polar surface area (TPSA) is 149 Å². The van der Waals surface area contributed by atoms with Gasteiger partial charge < -0.3 is 44.2 Å². The van der Waals surface area contributed by atoms with Crippen molar-refractivity contribution in [1.29, 1.82) is 0 Å². The Morgan fingerprint density at radius 2 is 1.56 bits per heavy atom. The molecule has 7 rings (SSSR count). The zero-order valence-electron chi connectivity index (χ0n) is 29.1. The van der Waals surface area contributed by atoms with Gasteiger partial charge in [0.15, 0.2) is 0 Å². The quantitative estimate of drug-likeness (QED) is 0.104. The van der Waals surface area contributed by atoms with Gasteiger partial charge in [-0.05, 0) is 42.3 Å². The van der Waals surface area contributed by atoms with Crippen molar-refractivity contribution in [3.05, 3.63) is 84.3 Å². The number of hydrogen-bond donors (Lipinski definition) is 3. The summed E-state index contributed by atoms with van der Waals surface area (Å²) in [6.07, 6.45) is 6.64. The van der Waals surface area contributed by atoms with E-state index in [4.69, 9.17) is 23.7 Å². The third-order valence-corrected chi connectivity index (χ3v) is 9.30. The first-order valence-corrected chi connectivity index (χ1v) is 17.8. The molecular weight excluding hydrogens is 664 g/mol. The van der Waals surface area contributed by atoms with E-state index in [1.165, 1.54) is 0 Å². The number of nitrogens with zero attached hydrogens (tertiary/aromatic N) is 3. The van der Waals surface area contributed by atoms with E-state index in [9.17, 15) is 9.59 Å². The van der Waals surface area contributed by atoms with Gasteiger partial charge in [-0.15, -0.1) is 0 Å². The number of rotatable bonds is 19. The van der Waals surface area contributed by atoms with Crippen molar-refractivity contribution in [3.8, 4) is 17.0 Å². The molecule has 1 atom stereocenters. The Morgan fingerprint density at radius 1 is 0.788 bits per heavy atom. The molecule has 3 aromatic heterocycles. The molecular formula is C39H44N6O7. The molecule has 2 aromatic carbocycles. The smallest absolute Gasteiger partial charge is 0.254 e. The minimum atomic E-state index is 0.0288. The molecule has 3 N–H and O–H groups in total. The summed E-state index contributed by atoms with van der Waals surface area (Å²) in [5.74, 6) is 0.631. The van der Waals surface area contributed by atoms with E-state index in [0.29, 0.717) is 97.8 Å². The zero-order valence-corrected chi connectivity index (χ0v) is 29.1. The van der Waals surface area contributed by atoms with E-state index < -0.39 is 0 Å². The number of aromatic nitrogens is 3. The van der Waals surface area contributed by atoms with Crippen LogP contribution >= 0.6 is 0 Å². The number of hydrogen-bond acceptors (Lipinski definition) is 10. The van der Waals surface area contributed by atoms with Crippen molar-refractivity contribution in [2.75, 3.05) is 77.9 Å². The summed E-state index contributed by atoms with van der Waals surface area (Å²) >= 11 is 0. The minimum absolute atomic E-state index is 0.0288. The largest absolute Gasteiger partial charge is 0.475 e. The molecule has 2 amide bonds. The van der Waals surface area contributed by atoms with Crippen LogP contribution in [0.15, 0.2) is 73.2 Å². The molecule has 13 heteroatoms. The molecule has 0 aliphatic carbocycles. The normalized spacial score (nSPS) is 15.7. The van der Waals surface area contributed by atoms with Crippen LogP contribution in [0.5, 0.6) is 5.88 Å². The fraction of sp³-hybridized carbons (Fsp3) is 0.385. The second-order valence-electron chi connectivity index (χ2n) is 12.7. The van der Waals surface area contributed by atoms with Gasteiger partial charge in [0.1, 0.15) is 6.61 Å². The maximum atomic E-state index is 13.0. The fourth-order valence-corrected chi connectivity index (χ4v) is 6.59. The molecule has 13 nitrogen and oxygen atoms in total. The number of aromatic amines is 1. The van der Waals surface area contributed by atoms with Gasteiger partial charge in [0.2, 0.25) is 11.8 Å². The van der Waals surface area contributed by atoms with Crippen molar-refractivity contribution < 1.29 is 33.3 Å². The van der Waals surface area contributed by atoms with Crippen molar-refractivity contribution in [2.45, 2.75) is 25.4 Å². The number of fused-ring (bicyclic) bond motifs is 4. The molecule has 272 valence electrons. The molecule has 1 fully saturated rings. The lowest BCUT2D eigenvalue weighted by atomic mass is 10.1. The summed E-state index contributed by atoms with van der Waals surface area (Å²) in [5, 5.41) is 8.54. The SMILES string of the molecule is O=C1CCC(N2Cc3c(NCCOCCOCCOCCOCCOc4ccc(-c5ccc6c(c5)[nH]c5ccncc56)cn4)cccc3C2=O)CN1. The van der Waals surface area contributed by atoms with Crippen molar-refractivity contribution in [2.24, 2.45) is 0 Å². The van der Waals surface area contributed by atoms with E-state index in [2.05, 4.69) is 43.8 Å². The molecule has 2 aliphatic rings. The van der Waals surface area contributed by atoms with Gasteiger partial charge in [-0.2, -0.15) is 0 Å². The van der Waals surface area contributed by atoms with Crippen LogP contribution in [0.2, 0.25) is 0 Å². The number of ether oxygens (including phenoxy) is 5. The molecule has 0 spiro atoms. The summed E-state index contributed by atoms with van der Waals surface area (Å²) in [7, 11) is 0. The van der Waals surface area contributed by atoms with Gasteiger partial charge in [0.05, 0.1) is 58.9 Å². The number of amides is 2. The van der Waals surface area contributed by atoms with Gasteiger partial charge in [-0.1, -0.05) is 18.2 Å². The molecule has 0 saturated carbocycles. The number of nitrogens with one attached hydrogen (secondary N) is 3. The van der Waals surface area contributed by atoms with Crippen LogP contribution in [0.4, 0.5) is 5.69 Å². The number of carbonyl (C=O) groups is 2. The highest BCUT2D eigenvalue weighted by atomic mass is 16.6. The Bertz CT molecular complexity index is 1960. The fourth-order valence-electron chi connectivity index (χ4n) is 6.59. The molecule has 0 bridgehead atoms. The molecule has 1 saturated heterocycles. The molecule has 5 heterocycles. The number of benzene rings is 2. The Hall–Kier alpha value is -5.08. The maximum absolute atomic E-state index is 13.0. The highest BCUT2D eigenvalue weighted by Gasteiger charge is 2.35. The molecule has 2 aliphatic heterocycles. The maximum Gasteiger partial charge on any atom is 0.254 e. The first-order chi connectivity index (χ1) is 25.6. The molecule has 5 aromatic rings. The van der Waals surface area contributed by atoms with Crippen LogP contribution in [0.25, 0.3) is 32.9 Å². The van der Waals surface area contributed by atoms with Crippen molar-refractivity contribution >= 4 is 39.3 Å². The molecule has 1 unspecified atom stereocenters. The molecule has 0 radical (unpaired) electrons. The summed E-state index contributed by atoms with van der Waals surface area (Å²) in [5.41, 5.74) is 6.89. The average molecular weight is 709 g/mol. The summed E-state index contributed by atoms with van der Waals surface area (Å²) in [6, 6.07) is 18.0. The number of anilines is 1. The average Bonchev–Trinajstić information content (AvgIpc) is 3.72. The van der Waals surface area contributed by atoms with Gasteiger partial charge in [-0.3, -0.25) is 14.6 Å². The Morgan fingerprint density at radius 3 is 2.31 bits per heavy atom. The number of H-pyrrole nitrogens is 1. The van der Waals surface area contributed by atoms with Gasteiger partial charge in [0.25, 0.3) is 5.91 Å². The molecule has 52 heavy (non-hydrogen) atoms. The van der Waals surface area contributed by atoms with Crippen LogP contribution in [-0.4, -0.2) is 110 Å². The van der Waals surface area contributed by atoms with E-state index in [1.54, 1.807) is 6.20 Å². The monoisotopic (exact) mass is 708 g/mol. The Kier molecular flexibility index (Phi) is 11.8. The highest BCUT2D eigenvalue weighted by Crippen LogP contribution is 2.32. The van der Waals surface area contributed by atoms with Crippen LogP contribution in [-0.2, 0) is 30.3 Å². The third kappa shape index (κ3) is 8.68. The number of pyridine rings is 2. The minimum Gasteiger partial charge on any atom is -0.475 e. The second kappa shape index (κ2) is 17.4. The van der Waals surface area contributed by atoms with E-state index in [-0.39, 0.29) is 17.9 Å². The van der Waals surface area contributed by atoms with Gasteiger partial charge in [0, 0.05) is 94.9 Å². The van der Waals surface area contributed by atoms with Crippen LogP contribution in [0, 0.1) is 0 Å². The summed E-state index contributed by atoms with van der Waals surface area (Å²) in [6.45, 7) is 5.87. The van der Waals surface area contributed by atoms with Crippen LogP contribution in [0.1, 0.15) is 28.8 Å². The Labute approximate surface area is 302 Å². The number of piperidine rings is 1. The highest BCUT2D eigenvalue weighted by molar-refractivity contribution is 6.07. The summed E-state index contributed by atoms with van der Waals surface area (Å²) in [4.78, 5) is 38.5. The Balaban J connectivity index is 0.685. The van der Waals surface area contributed by atoms with Gasteiger partial charge in [-0.25, -0.2) is 4.98 Å². The third-order valence-electron chi connectivity index (χ3n) is 9.30. The standard InChI is InChI=1S/C39H44N6O7/c46-37-8-6-29(24-42-37)45-26-33-31(39(45)47)2-1-3-34(33)41-12-13-48-14-15-49-16-17-50-18-19-51-20-21-52-38-9-5-28(23-43-38)27-4-7-30-32-25-40-11-10-35(32)44-36(30)22-27/h1-5,7,9-11,22-23,25,29,41,44H,6,8,12-21,24,26H2,(H,42,46). The predicted octanol–water partition coefficient (Wildman–Crippen LogP) is 4.57. The lowest BCUT2D eigenvalue weighted by Gasteiger charge is -2.31. The zero-order chi connectivity index (χ0) is 35.5. The van der Waals surface area contributed by atoms with Crippen LogP contribution in [0.3, 0.4) is 0 Å². The lowest BCUT2D eigenvalue weighted by Crippen LogP contribution is -2.48. The first kappa shape index (κ1) is 35.3. The van der Waals surface area contributed by atoms with Crippen LogP contribution < -0.4 is 15.4 Å². The van der Waals surface area contributed by atoms with E-state index in [0.717, 1.165) is 49.7 Å². The number of carbonyl (C=O) groups excluding carboxylic acids is 2. The van der Waals surface area contributed by atoms with E-state index in [1.807, 2.05) is 53.7 Å². The van der Waals surface area contributed by atoms with E-state index >= 15 is 0 Å². The van der Waals surface area contributed by atoms with Crippen molar-refractivity contribution in [3.63, 3.8) is 0 Å². The first-order valence-electron chi connectivity index (χ1n) is 17.8.